The number of carbonyl (C=O) groups excluding carboxylic acids is 1. The summed E-state index contributed by atoms with van der Waals surface area (Å²) in [4.78, 5) is 38.8. The SMILES string of the molecule is CCCS(=O)(=O)Nc1ccc(CN2CCCc3c(NCCNC(C)=O)nc(Nc4nc(C)c(C(=O)O)s4)nc32)cc1. The van der Waals surface area contributed by atoms with E-state index >= 15 is 0 Å². The van der Waals surface area contributed by atoms with E-state index < -0.39 is 16.0 Å². The van der Waals surface area contributed by atoms with Gasteiger partial charge in [-0.2, -0.15) is 9.97 Å². The van der Waals surface area contributed by atoms with Gasteiger partial charge in [-0.1, -0.05) is 30.4 Å². The molecule has 15 heteroatoms. The zero-order chi connectivity index (χ0) is 29.6. The highest BCUT2D eigenvalue weighted by Crippen LogP contribution is 2.34. The molecule has 0 saturated carbocycles. The Hall–Kier alpha value is -3.98. The van der Waals surface area contributed by atoms with Crippen LogP contribution in [-0.4, -0.2) is 65.7 Å². The number of fused-ring (bicyclic) bond motifs is 1. The normalized spacial score (nSPS) is 12.9. The Morgan fingerprint density at radius 2 is 1.88 bits per heavy atom. The minimum Gasteiger partial charge on any atom is -0.477 e. The van der Waals surface area contributed by atoms with E-state index in [4.69, 9.17) is 4.98 Å². The van der Waals surface area contributed by atoms with Gasteiger partial charge in [0.15, 0.2) is 5.13 Å². The van der Waals surface area contributed by atoms with E-state index in [1.807, 2.05) is 19.1 Å². The number of carbonyl (C=O) groups is 2. The summed E-state index contributed by atoms with van der Waals surface area (Å²) in [5.41, 5.74) is 2.83. The number of hydrogen-bond donors (Lipinski definition) is 5. The summed E-state index contributed by atoms with van der Waals surface area (Å²) >= 11 is 1.01. The third-order valence-corrected chi connectivity index (χ3v) is 8.77. The van der Waals surface area contributed by atoms with E-state index in [0.717, 1.165) is 47.7 Å². The average molecular weight is 603 g/mol. The second-order valence-electron chi connectivity index (χ2n) is 9.61. The van der Waals surface area contributed by atoms with Crippen molar-refractivity contribution in [2.24, 2.45) is 0 Å². The van der Waals surface area contributed by atoms with Crippen LogP contribution in [0.2, 0.25) is 0 Å². The number of hydrogen-bond acceptors (Lipinski definition) is 11. The minimum atomic E-state index is -3.37. The number of anilines is 5. The summed E-state index contributed by atoms with van der Waals surface area (Å²) in [6.07, 6.45) is 2.17. The van der Waals surface area contributed by atoms with Crippen molar-refractivity contribution in [2.75, 3.05) is 45.6 Å². The fraction of sp³-hybridized carbons (Fsp3) is 0.423. The van der Waals surface area contributed by atoms with Crippen molar-refractivity contribution >= 4 is 61.6 Å². The Kier molecular flexibility index (Phi) is 9.60. The second kappa shape index (κ2) is 13.1. The van der Waals surface area contributed by atoms with E-state index in [2.05, 4.69) is 35.5 Å². The first-order valence-electron chi connectivity index (χ1n) is 13.3. The third-order valence-electron chi connectivity index (χ3n) is 6.21. The van der Waals surface area contributed by atoms with Crippen molar-refractivity contribution in [3.8, 4) is 0 Å². The molecule has 4 rings (SSSR count). The molecular weight excluding hydrogens is 568 g/mol. The topological polar surface area (TPSA) is 179 Å². The Morgan fingerprint density at radius 1 is 1.12 bits per heavy atom. The van der Waals surface area contributed by atoms with Gasteiger partial charge in [-0.05, 0) is 43.9 Å². The Labute approximate surface area is 242 Å². The molecule has 13 nitrogen and oxygen atoms in total. The van der Waals surface area contributed by atoms with Crippen LogP contribution in [-0.2, 0) is 27.8 Å². The Morgan fingerprint density at radius 3 is 2.54 bits per heavy atom. The van der Waals surface area contributed by atoms with Crippen LogP contribution in [0.4, 0.5) is 28.4 Å². The van der Waals surface area contributed by atoms with Gasteiger partial charge in [0.1, 0.15) is 16.5 Å². The zero-order valence-corrected chi connectivity index (χ0v) is 24.8. The van der Waals surface area contributed by atoms with Crippen molar-refractivity contribution in [1.29, 1.82) is 0 Å². The smallest absolute Gasteiger partial charge is 0.347 e. The van der Waals surface area contributed by atoms with Crippen LogP contribution in [0.5, 0.6) is 0 Å². The number of benzene rings is 1. The number of carboxylic acids is 1. The molecule has 0 fully saturated rings. The van der Waals surface area contributed by atoms with Crippen molar-refractivity contribution < 1.29 is 23.1 Å². The van der Waals surface area contributed by atoms with Crippen LogP contribution in [0.1, 0.15) is 53.2 Å². The van der Waals surface area contributed by atoms with E-state index in [9.17, 15) is 23.1 Å². The van der Waals surface area contributed by atoms with Gasteiger partial charge < -0.3 is 20.6 Å². The van der Waals surface area contributed by atoms with Crippen molar-refractivity contribution in [3.63, 3.8) is 0 Å². The van der Waals surface area contributed by atoms with Crippen molar-refractivity contribution in [3.05, 3.63) is 46.0 Å². The molecular formula is C26H34N8O5S2. The zero-order valence-electron chi connectivity index (χ0n) is 23.2. The molecule has 1 aliphatic rings. The molecule has 0 unspecified atom stereocenters. The maximum atomic E-state index is 12.1. The largest absolute Gasteiger partial charge is 0.477 e. The number of amides is 1. The molecule has 3 heterocycles. The van der Waals surface area contributed by atoms with Crippen LogP contribution in [0.3, 0.4) is 0 Å². The lowest BCUT2D eigenvalue weighted by atomic mass is 10.0. The molecule has 0 radical (unpaired) electrons. The lowest BCUT2D eigenvalue weighted by Crippen LogP contribution is -2.32. The van der Waals surface area contributed by atoms with Gasteiger partial charge in [0, 0.05) is 44.4 Å². The number of carboxylic acid groups (broad SMARTS) is 1. The number of aromatic carboxylic acids is 1. The predicted octanol–water partition coefficient (Wildman–Crippen LogP) is 3.34. The summed E-state index contributed by atoms with van der Waals surface area (Å²) in [6.45, 7) is 7.07. The number of thiazole rings is 1. The molecule has 0 bridgehead atoms. The maximum Gasteiger partial charge on any atom is 0.347 e. The maximum absolute atomic E-state index is 12.1. The second-order valence-corrected chi connectivity index (χ2v) is 12.5. The average Bonchev–Trinajstić information content (AvgIpc) is 3.27. The summed E-state index contributed by atoms with van der Waals surface area (Å²) in [7, 11) is -3.37. The van der Waals surface area contributed by atoms with E-state index in [-0.39, 0.29) is 22.5 Å². The lowest BCUT2D eigenvalue weighted by molar-refractivity contribution is -0.118. The van der Waals surface area contributed by atoms with E-state index in [1.54, 1.807) is 19.1 Å². The molecule has 220 valence electrons. The molecule has 2 aromatic heterocycles. The molecule has 5 N–H and O–H groups in total. The molecule has 1 amide bonds. The van der Waals surface area contributed by atoms with E-state index in [1.165, 1.54) is 6.92 Å². The summed E-state index contributed by atoms with van der Waals surface area (Å²) in [5.74, 6) is 0.520. The third kappa shape index (κ3) is 8.04. The molecule has 0 saturated heterocycles. The van der Waals surface area contributed by atoms with Crippen LogP contribution < -0.4 is 25.6 Å². The van der Waals surface area contributed by atoms with Crippen LogP contribution in [0.15, 0.2) is 24.3 Å². The van der Waals surface area contributed by atoms with Crippen molar-refractivity contribution in [2.45, 2.75) is 46.6 Å². The van der Waals surface area contributed by atoms with Crippen LogP contribution in [0, 0.1) is 6.92 Å². The highest BCUT2D eigenvalue weighted by Gasteiger charge is 2.25. The van der Waals surface area contributed by atoms with Gasteiger partial charge >= 0.3 is 5.97 Å². The summed E-state index contributed by atoms with van der Waals surface area (Å²) < 4.78 is 26.8. The van der Waals surface area contributed by atoms with Crippen LogP contribution in [0.25, 0.3) is 0 Å². The van der Waals surface area contributed by atoms with Gasteiger partial charge in [0.05, 0.1) is 11.4 Å². The van der Waals surface area contributed by atoms with Gasteiger partial charge in [-0.3, -0.25) is 14.8 Å². The van der Waals surface area contributed by atoms with Gasteiger partial charge in [-0.25, -0.2) is 18.2 Å². The summed E-state index contributed by atoms with van der Waals surface area (Å²) in [5, 5.41) is 18.9. The highest BCUT2D eigenvalue weighted by molar-refractivity contribution is 7.92. The standard InChI is InChI=1S/C26H34N8O5S2/c1-4-14-41(38,39)33-19-9-7-18(8-10-19)15-34-13-5-6-20-22(28-12-11-27-17(3)35)30-25(31-23(20)34)32-26-29-16(2)21(40-26)24(36)37/h7-10,33H,4-6,11-15H2,1-3H3,(H,27,35)(H,36,37)(H2,28,29,30,31,32). The highest BCUT2D eigenvalue weighted by atomic mass is 32.2. The number of aromatic nitrogens is 3. The van der Waals surface area contributed by atoms with Crippen LogP contribution >= 0.6 is 11.3 Å². The first-order valence-corrected chi connectivity index (χ1v) is 15.7. The number of sulfonamides is 1. The quantitative estimate of drug-likeness (QED) is 0.181. The van der Waals surface area contributed by atoms with E-state index in [0.29, 0.717) is 48.4 Å². The Balaban J connectivity index is 1.59. The minimum absolute atomic E-state index is 0.0642. The Bertz CT molecular complexity index is 1510. The van der Waals surface area contributed by atoms with Crippen molar-refractivity contribution in [1.82, 2.24) is 20.3 Å². The molecule has 1 aliphatic heterocycles. The molecule has 0 spiro atoms. The van der Waals surface area contributed by atoms with Gasteiger partial charge in [-0.15, -0.1) is 0 Å². The van der Waals surface area contributed by atoms with Gasteiger partial charge in [0.25, 0.3) is 0 Å². The molecule has 41 heavy (non-hydrogen) atoms. The predicted molar refractivity (Wildman–Crippen MR) is 160 cm³/mol. The number of rotatable bonds is 13. The molecule has 1 aromatic carbocycles. The fourth-order valence-corrected chi connectivity index (χ4v) is 6.37. The monoisotopic (exact) mass is 602 g/mol. The molecule has 0 aliphatic carbocycles. The molecule has 3 aromatic rings. The first-order chi connectivity index (χ1) is 19.5. The summed E-state index contributed by atoms with van der Waals surface area (Å²) in [6, 6.07) is 7.27. The number of nitrogens with zero attached hydrogens (tertiary/aromatic N) is 4. The molecule has 0 atom stereocenters. The fourth-order valence-electron chi connectivity index (χ4n) is 4.43. The number of aryl methyl sites for hydroxylation is 1. The lowest BCUT2D eigenvalue weighted by Gasteiger charge is -2.31. The number of nitrogens with one attached hydrogen (secondary N) is 4. The first kappa shape index (κ1) is 30.0. The van der Waals surface area contributed by atoms with Gasteiger partial charge in [0.2, 0.25) is 21.9 Å².